The first-order valence-corrected chi connectivity index (χ1v) is 8.24. The average molecular weight is 330 g/mol. The van der Waals surface area contributed by atoms with Crippen LogP contribution in [0.1, 0.15) is 16.8 Å². The zero-order chi connectivity index (χ0) is 17.4. The molecular weight excluding hydrogens is 312 g/mol. The van der Waals surface area contributed by atoms with Crippen molar-refractivity contribution in [3.05, 3.63) is 71.4 Å². The van der Waals surface area contributed by atoms with Gasteiger partial charge >= 0.3 is 0 Å². The third-order valence-electron chi connectivity index (χ3n) is 4.35. The summed E-state index contributed by atoms with van der Waals surface area (Å²) in [5.74, 6) is -0.106. The molecule has 4 rings (SSSR count). The number of carbonyl (C=O) groups is 1. The lowest BCUT2D eigenvalue weighted by Crippen LogP contribution is -2.14. The topological polar surface area (TPSA) is 55.1 Å². The van der Waals surface area contributed by atoms with Crippen LogP contribution in [0.15, 0.2) is 59.1 Å². The smallest absolute Gasteiger partial charge is 0.230 e. The molecule has 4 nitrogen and oxygen atoms in total. The largest absolute Gasteiger partial charge is 0.356 e. The molecule has 4 heteroatoms. The lowest BCUT2D eigenvalue weighted by Gasteiger charge is -2.06. The minimum absolute atomic E-state index is 0.106. The second-order valence-corrected chi connectivity index (χ2v) is 6.37. The Morgan fingerprint density at radius 3 is 2.68 bits per heavy atom. The predicted molar refractivity (Wildman–Crippen MR) is 99.8 cm³/mol. The number of aromatic nitrogens is 1. The lowest BCUT2D eigenvalue weighted by atomic mass is 10.0. The Morgan fingerprint density at radius 2 is 1.84 bits per heavy atom. The summed E-state index contributed by atoms with van der Waals surface area (Å²) in [6.07, 6.45) is 0.184. The van der Waals surface area contributed by atoms with Crippen molar-refractivity contribution in [2.45, 2.75) is 20.3 Å². The molecule has 0 atom stereocenters. The van der Waals surface area contributed by atoms with Crippen LogP contribution in [0.3, 0.4) is 0 Å². The second-order valence-electron chi connectivity index (χ2n) is 6.37. The molecule has 1 N–H and O–H groups in total. The number of anilines is 1. The van der Waals surface area contributed by atoms with Crippen molar-refractivity contribution in [2.75, 3.05) is 5.32 Å². The second kappa shape index (κ2) is 6.06. The van der Waals surface area contributed by atoms with Crippen molar-refractivity contribution >= 4 is 33.3 Å². The molecule has 1 amide bonds. The Hall–Kier alpha value is -3.14. The van der Waals surface area contributed by atoms with E-state index >= 15 is 0 Å². The van der Waals surface area contributed by atoms with Crippen molar-refractivity contribution in [1.82, 2.24) is 5.16 Å². The summed E-state index contributed by atoms with van der Waals surface area (Å²) in [6, 6.07) is 18.0. The Balaban J connectivity index is 1.57. The van der Waals surface area contributed by atoms with E-state index in [0.717, 1.165) is 38.6 Å². The van der Waals surface area contributed by atoms with E-state index in [2.05, 4.69) is 16.5 Å². The summed E-state index contributed by atoms with van der Waals surface area (Å²) in [5, 5.41) is 10.2. The number of hydrogen-bond acceptors (Lipinski definition) is 3. The third kappa shape index (κ3) is 2.98. The van der Waals surface area contributed by atoms with Crippen LogP contribution in [0.4, 0.5) is 5.69 Å². The maximum absolute atomic E-state index is 12.4. The highest BCUT2D eigenvalue weighted by molar-refractivity contribution is 5.97. The van der Waals surface area contributed by atoms with Gasteiger partial charge in [0.25, 0.3) is 0 Å². The molecule has 0 radical (unpaired) electrons. The number of aryl methyl sites for hydroxylation is 2. The average Bonchev–Trinajstić information content (AvgIpc) is 2.97. The number of benzene rings is 3. The van der Waals surface area contributed by atoms with Gasteiger partial charge in [-0.15, -0.1) is 0 Å². The highest BCUT2D eigenvalue weighted by Crippen LogP contribution is 2.25. The molecule has 4 aromatic rings. The number of nitrogens with one attached hydrogen (secondary N) is 1. The highest BCUT2D eigenvalue weighted by Gasteiger charge is 2.15. The van der Waals surface area contributed by atoms with E-state index in [1.165, 1.54) is 0 Å². The Labute approximate surface area is 145 Å². The minimum Gasteiger partial charge on any atom is -0.356 e. The van der Waals surface area contributed by atoms with Crippen molar-refractivity contribution in [3.63, 3.8) is 0 Å². The van der Waals surface area contributed by atoms with Crippen LogP contribution in [0.5, 0.6) is 0 Å². The Morgan fingerprint density at radius 1 is 1.04 bits per heavy atom. The predicted octanol–water partition coefficient (Wildman–Crippen LogP) is 4.78. The van der Waals surface area contributed by atoms with Crippen LogP contribution in [-0.4, -0.2) is 11.1 Å². The van der Waals surface area contributed by atoms with Gasteiger partial charge in [-0.1, -0.05) is 41.6 Å². The van der Waals surface area contributed by atoms with Gasteiger partial charge in [-0.25, -0.2) is 0 Å². The van der Waals surface area contributed by atoms with Crippen molar-refractivity contribution in [1.29, 1.82) is 0 Å². The highest BCUT2D eigenvalue weighted by atomic mass is 16.5. The fraction of sp³-hybridized carbons (Fsp3) is 0.143. The maximum atomic E-state index is 12.4. The molecule has 0 aliphatic heterocycles. The molecule has 0 fully saturated rings. The molecule has 124 valence electrons. The van der Waals surface area contributed by atoms with Gasteiger partial charge < -0.3 is 9.84 Å². The molecule has 0 bridgehead atoms. The zero-order valence-corrected chi connectivity index (χ0v) is 14.2. The van der Waals surface area contributed by atoms with Crippen molar-refractivity contribution in [3.8, 4) is 0 Å². The number of hydrogen-bond donors (Lipinski definition) is 1. The van der Waals surface area contributed by atoms with Crippen molar-refractivity contribution < 1.29 is 9.32 Å². The molecule has 0 saturated carbocycles. The summed E-state index contributed by atoms with van der Waals surface area (Å²) in [6.45, 7) is 4.03. The Kier molecular flexibility index (Phi) is 3.73. The number of fused-ring (bicyclic) bond motifs is 2. The van der Waals surface area contributed by atoms with Gasteiger partial charge in [0.15, 0.2) is 5.58 Å². The normalized spacial score (nSPS) is 11.1. The number of amides is 1. The molecule has 0 unspecified atom stereocenters. The summed E-state index contributed by atoms with van der Waals surface area (Å²) in [5.41, 5.74) is 4.37. The quantitative estimate of drug-likeness (QED) is 0.588. The van der Waals surface area contributed by atoms with Crippen LogP contribution < -0.4 is 5.32 Å². The Bertz CT molecular complexity index is 1100. The minimum atomic E-state index is -0.106. The van der Waals surface area contributed by atoms with E-state index in [4.69, 9.17) is 4.52 Å². The molecule has 0 aliphatic carbocycles. The van der Waals surface area contributed by atoms with Gasteiger partial charge in [-0.3, -0.25) is 4.79 Å². The van der Waals surface area contributed by atoms with E-state index in [1.807, 2.05) is 62.4 Å². The molecule has 1 aromatic heterocycles. The number of rotatable bonds is 3. The summed E-state index contributed by atoms with van der Waals surface area (Å²) in [7, 11) is 0. The van der Waals surface area contributed by atoms with E-state index in [-0.39, 0.29) is 12.3 Å². The standard InChI is InChI=1S/C21H18N2O2/c1-13-9-14(2)21-18(23-25-19(21)10-13)12-20(24)22-17-8-7-15-5-3-4-6-16(15)11-17/h3-11H,12H2,1-2H3,(H,22,24). The van der Waals surface area contributed by atoms with Crippen LogP contribution in [0, 0.1) is 13.8 Å². The van der Waals surface area contributed by atoms with Crippen LogP contribution in [0.25, 0.3) is 21.7 Å². The fourth-order valence-corrected chi connectivity index (χ4v) is 3.27. The molecule has 25 heavy (non-hydrogen) atoms. The third-order valence-corrected chi connectivity index (χ3v) is 4.35. The zero-order valence-electron chi connectivity index (χ0n) is 14.2. The van der Waals surface area contributed by atoms with Crippen LogP contribution >= 0.6 is 0 Å². The molecule has 0 aliphatic rings. The van der Waals surface area contributed by atoms with Crippen LogP contribution in [0.2, 0.25) is 0 Å². The van der Waals surface area contributed by atoms with Crippen molar-refractivity contribution in [2.24, 2.45) is 0 Å². The molecule has 1 heterocycles. The van der Waals surface area contributed by atoms with Gasteiger partial charge in [0.05, 0.1) is 6.42 Å². The van der Waals surface area contributed by atoms with E-state index in [0.29, 0.717) is 5.69 Å². The van der Waals surface area contributed by atoms with Gasteiger partial charge in [0.2, 0.25) is 5.91 Å². The lowest BCUT2D eigenvalue weighted by molar-refractivity contribution is -0.115. The van der Waals surface area contributed by atoms with Crippen LogP contribution in [-0.2, 0) is 11.2 Å². The summed E-state index contributed by atoms with van der Waals surface area (Å²) >= 11 is 0. The first kappa shape index (κ1) is 15.4. The molecule has 0 spiro atoms. The molecule has 0 saturated heterocycles. The molecule has 3 aromatic carbocycles. The monoisotopic (exact) mass is 330 g/mol. The first-order valence-electron chi connectivity index (χ1n) is 8.24. The molecular formula is C21H18N2O2. The first-order chi connectivity index (χ1) is 12.1. The van der Waals surface area contributed by atoms with E-state index < -0.39 is 0 Å². The van der Waals surface area contributed by atoms with E-state index in [1.54, 1.807) is 0 Å². The van der Waals surface area contributed by atoms with Gasteiger partial charge in [0.1, 0.15) is 5.69 Å². The van der Waals surface area contributed by atoms with E-state index in [9.17, 15) is 4.79 Å². The summed E-state index contributed by atoms with van der Waals surface area (Å²) < 4.78 is 5.39. The maximum Gasteiger partial charge on any atom is 0.230 e. The number of nitrogens with zero attached hydrogens (tertiary/aromatic N) is 1. The SMILES string of the molecule is Cc1cc(C)c2c(CC(=O)Nc3ccc4ccccc4c3)noc2c1. The van der Waals surface area contributed by atoms with Gasteiger partial charge in [0, 0.05) is 11.1 Å². The van der Waals surface area contributed by atoms with Gasteiger partial charge in [-0.2, -0.15) is 0 Å². The van der Waals surface area contributed by atoms with Gasteiger partial charge in [-0.05, 0) is 53.9 Å². The fourth-order valence-electron chi connectivity index (χ4n) is 3.27. The summed E-state index contributed by atoms with van der Waals surface area (Å²) in [4.78, 5) is 12.4. The number of carbonyl (C=O) groups excluding carboxylic acids is 1.